The average Bonchev–Trinajstić information content (AvgIpc) is 2.71. The summed E-state index contributed by atoms with van der Waals surface area (Å²) >= 11 is 0. The van der Waals surface area contributed by atoms with Gasteiger partial charge in [0, 0.05) is 29.9 Å². The van der Waals surface area contributed by atoms with Crippen LogP contribution in [0.2, 0.25) is 0 Å². The molecule has 0 aliphatic rings. The van der Waals surface area contributed by atoms with Crippen LogP contribution in [0.5, 0.6) is 0 Å². The maximum atomic E-state index is 12.9. The Kier molecular flexibility index (Phi) is 8.25. The number of carbonyl (C=O) groups is 2. The normalized spacial score (nSPS) is 11.6. The molecule has 0 spiro atoms. The number of hydrogen-bond acceptors (Lipinski definition) is 3. The first-order valence-corrected chi connectivity index (χ1v) is 11.2. The molecule has 0 unspecified atom stereocenters. The number of carbonyl (C=O) groups excluding carboxylic acids is 2. The van der Waals surface area contributed by atoms with Gasteiger partial charge < -0.3 is 22.1 Å². The number of nitrogens with two attached hydrogens (primary N) is 2. The van der Waals surface area contributed by atoms with Crippen LogP contribution in [0.15, 0.2) is 47.5 Å². The van der Waals surface area contributed by atoms with E-state index in [0.717, 1.165) is 16.8 Å². The molecule has 0 aromatic heterocycles. The van der Waals surface area contributed by atoms with Gasteiger partial charge >= 0.3 is 0 Å². The molecule has 2 aromatic carbocycles. The molecule has 0 heterocycles. The zero-order chi connectivity index (χ0) is 24.8. The van der Waals surface area contributed by atoms with E-state index in [1.807, 2.05) is 12.1 Å². The van der Waals surface area contributed by atoms with Gasteiger partial charge in [-0.2, -0.15) is 0 Å². The fourth-order valence-electron chi connectivity index (χ4n) is 3.13. The van der Waals surface area contributed by atoms with Crippen LogP contribution in [0.25, 0.3) is 0 Å². The van der Waals surface area contributed by atoms with E-state index in [1.165, 1.54) is 0 Å². The first-order chi connectivity index (χ1) is 15.3. The highest BCUT2D eigenvalue weighted by molar-refractivity contribution is 6.05. The molecule has 33 heavy (non-hydrogen) atoms. The second-order valence-electron chi connectivity index (χ2n) is 10.2. The van der Waals surface area contributed by atoms with Crippen LogP contribution in [0.4, 0.5) is 5.69 Å². The van der Waals surface area contributed by atoms with Crippen molar-refractivity contribution in [1.29, 1.82) is 0 Å². The van der Waals surface area contributed by atoms with Crippen molar-refractivity contribution in [1.82, 2.24) is 5.32 Å². The van der Waals surface area contributed by atoms with Gasteiger partial charge in [-0.15, -0.1) is 0 Å². The topological polar surface area (TPSA) is 123 Å². The zero-order valence-corrected chi connectivity index (χ0v) is 20.6. The van der Waals surface area contributed by atoms with Crippen molar-refractivity contribution < 1.29 is 9.59 Å². The van der Waals surface area contributed by atoms with E-state index in [0.29, 0.717) is 30.6 Å². The third kappa shape index (κ3) is 7.93. The maximum absolute atomic E-state index is 12.9. The van der Waals surface area contributed by atoms with E-state index in [1.54, 1.807) is 24.3 Å². The van der Waals surface area contributed by atoms with Gasteiger partial charge in [-0.1, -0.05) is 47.6 Å². The van der Waals surface area contributed by atoms with E-state index in [2.05, 4.69) is 63.2 Å². The SMILES string of the molecule is CC(C)(C)c1cc(NC(=O)c2ccc(C(=O)NCCCN=C(N)N)cc2)cc(C(C)(C)C)c1. The number of guanidine groups is 1. The number of nitrogens with zero attached hydrogens (tertiary/aromatic N) is 1. The fraction of sp³-hybridized carbons (Fsp3) is 0.423. The van der Waals surface area contributed by atoms with Crippen LogP contribution in [-0.2, 0) is 10.8 Å². The van der Waals surface area contributed by atoms with Gasteiger partial charge in [0.1, 0.15) is 0 Å². The highest BCUT2D eigenvalue weighted by atomic mass is 16.2. The summed E-state index contributed by atoms with van der Waals surface area (Å²) < 4.78 is 0. The lowest BCUT2D eigenvalue weighted by atomic mass is 9.80. The Morgan fingerprint density at radius 2 is 1.30 bits per heavy atom. The number of aliphatic imine (C=N–C) groups is 1. The molecule has 7 heteroatoms. The Bertz CT molecular complexity index is 976. The van der Waals surface area contributed by atoms with Gasteiger partial charge in [-0.3, -0.25) is 14.6 Å². The van der Waals surface area contributed by atoms with Crippen LogP contribution >= 0.6 is 0 Å². The molecule has 0 aliphatic carbocycles. The summed E-state index contributed by atoms with van der Waals surface area (Å²) in [5.74, 6) is -0.389. The minimum absolute atomic E-state index is 0.0370. The van der Waals surface area contributed by atoms with Gasteiger partial charge in [0.15, 0.2) is 5.96 Å². The Morgan fingerprint density at radius 3 is 1.76 bits per heavy atom. The number of rotatable bonds is 7. The van der Waals surface area contributed by atoms with E-state index < -0.39 is 0 Å². The van der Waals surface area contributed by atoms with Crippen molar-refractivity contribution in [2.24, 2.45) is 16.5 Å². The lowest BCUT2D eigenvalue weighted by Gasteiger charge is -2.26. The van der Waals surface area contributed by atoms with E-state index >= 15 is 0 Å². The molecule has 0 aliphatic heterocycles. The summed E-state index contributed by atoms with van der Waals surface area (Å²) in [4.78, 5) is 29.0. The minimum atomic E-state index is -0.217. The molecule has 2 aromatic rings. The summed E-state index contributed by atoms with van der Waals surface area (Å²) in [5.41, 5.74) is 14.5. The zero-order valence-electron chi connectivity index (χ0n) is 20.6. The third-order valence-corrected chi connectivity index (χ3v) is 5.25. The summed E-state index contributed by atoms with van der Waals surface area (Å²) in [5, 5.41) is 5.83. The van der Waals surface area contributed by atoms with Gasteiger partial charge in [-0.25, -0.2) is 0 Å². The van der Waals surface area contributed by atoms with Crippen LogP contribution < -0.4 is 22.1 Å². The predicted molar refractivity (Wildman–Crippen MR) is 136 cm³/mol. The van der Waals surface area contributed by atoms with E-state index in [-0.39, 0.29) is 28.6 Å². The molecule has 2 amide bonds. The molecule has 7 nitrogen and oxygen atoms in total. The summed E-state index contributed by atoms with van der Waals surface area (Å²) in [6.07, 6.45) is 0.633. The van der Waals surface area contributed by atoms with Crippen LogP contribution in [0.1, 0.15) is 79.8 Å². The molecule has 0 atom stereocenters. The van der Waals surface area contributed by atoms with Gasteiger partial charge in [0.25, 0.3) is 11.8 Å². The predicted octanol–water partition coefficient (Wildman–Crippen LogP) is 3.93. The van der Waals surface area contributed by atoms with Gasteiger partial charge in [-0.05, 0) is 64.8 Å². The lowest BCUT2D eigenvalue weighted by Crippen LogP contribution is -2.26. The Morgan fingerprint density at radius 1 is 0.818 bits per heavy atom. The van der Waals surface area contributed by atoms with Gasteiger partial charge in [0.05, 0.1) is 0 Å². The lowest BCUT2D eigenvalue weighted by molar-refractivity contribution is 0.0951. The second-order valence-corrected chi connectivity index (χ2v) is 10.2. The first-order valence-electron chi connectivity index (χ1n) is 11.2. The number of nitrogens with one attached hydrogen (secondary N) is 2. The van der Waals surface area contributed by atoms with Crippen LogP contribution in [-0.4, -0.2) is 30.9 Å². The quantitative estimate of drug-likeness (QED) is 0.289. The van der Waals surface area contributed by atoms with Crippen molar-refractivity contribution in [2.75, 3.05) is 18.4 Å². The van der Waals surface area contributed by atoms with Crippen molar-refractivity contribution in [3.63, 3.8) is 0 Å². The van der Waals surface area contributed by atoms with Crippen molar-refractivity contribution >= 4 is 23.5 Å². The Labute approximate surface area is 197 Å². The monoisotopic (exact) mass is 451 g/mol. The molecule has 0 bridgehead atoms. The summed E-state index contributed by atoms with van der Waals surface area (Å²) in [6, 6.07) is 12.9. The third-order valence-electron chi connectivity index (χ3n) is 5.25. The molecule has 6 N–H and O–H groups in total. The highest BCUT2D eigenvalue weighted by Gasteiger charge is 2.21. The number of benzene rings is 2. The average molecular weight is 452 g/mol. The van der Waals surface area contributed by atoms with E-state index in [9.17, 15) is 9.59 Å². The maximum Gasteiger partial charge on any atom is 0.255 e. The van der Waals surface area contributed by atoms with Crippen LogP contribution in [0.3, 0.4) is 0 Å². The smallest absolute Gasteiger partial charge is 0.255 e. The van der Waals surface area contributed by atoms with Crippen molar-refractivity contribution in [3.05, 3.63) is 64.7 Å². The fourth-order valence-corrected chi connectivity index (χ4v) is 3.13. The molecule has 0 radical (unpaired) electrons. The Balaban J connectivity index is 2.09. The number of anilines is 1. The second kappa shape index (κ2) is 10.5. The molecule has 0 saturated carbocycles. The molecule has 0 fully saturated rings. The number of amides is 2. The van der Waals surface area contributed by atoms with Crippen LogP contribution in [0, 0.1) is 0 Å². The highest BCUT2D eigenvalue weighted by Crippen LogP contribution is 2.32. The summed E-state index contributed by atoms with van der Waals surface area (Å²) in [6.45, 7) is 13.9. The molecule has 0 saturated heterocycles. The molecule has 178 valence electrons. The first kappa shape index (κ1) is 25.9. The molecule has 2 rings (SSSR count). The summed E-state index contributed by atoms with van der Waals surface area (Å²) in [7, 11) is 0. The number of hydrogen-bond donors (Lipinski definition) is 4. The minimum Gasteiger partial charge on any atom is -0.370 e. The van der Waals surface area contributed by atoms with E-state index in [4.69, 9.17) is 11.5 Å². The largest absolute Gasteiger partial charge is 0.370 e. The molecular formula is C26H37N5O2. The standard InChI is InChI=1S/C26H37N5O2/c1-25(2,3)19-14-20(26(4,5)6)16-21(15-19)31-23(33)18-10-8-17(9-11-18)22(32)29-12-7-13-30-24(27)28/h8-11,14-16H,7,12-13H2,1-6H3,(H,29,32)(H,31,33)(H4,27,28,30). The van der Waals surface area contributed by atoms with Crippen molar-refractivity contribution in [2.45, 2.75) is 58.8 Å². The van der Waals surface area contributed by atoms with Gasteiger partial charge in [0.2, 0.25) is 0 Å². The Hall–Kier alpha value is -3.35. The molecular weight excluding hydrogens is 414 g/mol. The van der Waals surface area contributed by atoms with Crippen molar-refractivity contribution in [3.8, 4) is 0 Å².